The van der Waals surface area contributed by atoms with Crippen LogP contribution < -0.4 is 5.73 Å². The van der Waals surface area contributed by atoms with E-state index in [1.165, 1.54) is 4.31 Å². The number of sulfonamides is 1. The molecule has 5 rings (SSSR count). The summed E-state index contributed by atoms with van der Waals surface area (Å²) in [6, 6.07) is 9.55. The number of fused-ring (bicyclic) bond motifs is 1. The topological polar surface area (TPSA) is 157 Å². The molecule has 0 spiro atoms. The van der Waals surface area contributed by atoms with Crippen LogP contribution in [0.15, 0.2) is 49.1 Å². The van der Waals surface area contributed by atoms with Crippen molar-refractivity contribution < 1.29 is 8.42 Å². The molecule has 4 aromatic rings. The largest absolute Gasteiger partial charge is 0.368 e. The van der Waals surface area contributed by atoms with E-state index in [0.717, 1.165) is 17.2 Å². The van der Waals surface area contributed by atoms with Crippen LogP contribution in [-0.2, 0) is 15.6 Å². The molecule has 33 heavy (non-hydrogen) atoms. The second-order valence-corrected chi connectivity index (χ2v) is 9.97. The molecule has 0 aromatic carbocycles. The molecule has 0 atom stereocenters. The zero-order chi connectivity index (χ0) is 23.2. The highest BCUT2D eigenvalue weighted by molar-refractivity contribution is 7.88. The molecule has 0 amide bonds. The average molecular weight is 462 g/mol. The van der Waals surface area contributed by atoms with Crippen LogP contribution in [0.1, 0.15) is 6.42 Å². The van der Waals surface area contributed by atoms with Gasteiger partial charge in [0, 0.05) is 48.8 Å². The van der Waals surface area contributed by atoms with Gasteiger partial charge in [0.1, 0.15) is 16.9 Å². The maximum atomic E-state index is 11.9. The lowest BCUT2D eigenvalue weighted by molar-refractivity contribution is 0.0726. The maximum Gasteiger partial charge on any atom is 0.219 e. The van der Waals surface area contributed by atoms with E-state index < -0.39 is 15.6 Å². The van der Waals surface area contributed by atoms with Crippen LogP contribution in [0.4, 0.5) is 5.95 Å². The van der Waals surface area contributed by atoms with E-state index in [4.69, 9.17) is 15.8 Å². The molecular formula is C21H19N9O2S. The summed E-state index contributed by atoms with van der Waals surface area (Å²) in [4.78, 5) is 17.4. The van der Waals surface area contributed by atoms with Gasteiger partial charge in [-0.05, 0) is 24.3 Å². The Hall–Kier alpha value is -3.95. The molecule has 0 saturated carbocycles. The minimum Gasteiger partial charge on any atom is -0.368 e. The van der Waals surface area contributed by atoms with E-state index in [-0.39, 0.29) is 25.5 Å². The Balaban J connectivity index is 1.59. The van der Waals surface area contributed by atoms with Crippen molar-refractivity contribution in [3.8, 4) is 28.7 Å². The highest BCUT2D eigenvalue weighted by Crippen LogP contribution is 2.35. The molecule has 2 N–H and O–H groups in total. The Morgan fingerprint density at radius 3 is 2.64 bits per heavy atom. The third kappa shape index (κ3) is 3.67. The molecule has 0 unspecified atom stereocenters. The zero-order valence-corrected chi connectivity index (χ0v) is 18.4. The van der Waals surface area contributed by atoms with Gasteiger partial charge in [0.05, 0.1) is 30.0 Å². The highest BCUT2D eigenvalue weighted by atomic mass is 32.2. The van der Waals surface area contributed by atoms with Crippen molar-refractivity contribution in [1.82, 2.24) is 34.0 Å². The van der Waals surface area contributed by atoms with E-state index in [1.807, 2.05) is 18.2 Å². The van der Waals surface area contributed by atoms with Gasteiger partial charge in [0.2, 0.25) is 16.0 Å². The highest BCUT2D eigenvalue weighted by Gasteiger charge is 2.49. The van der Waals surface area contributed by atoms with Gasteiger partial charge >= 0.3 is 0 Å². The predicted molar refractivity (Wildman–Crippen MR) is 121 cm³/mol. The second-order valence-electron chi connectivity index (χ2n) is 7.99. The predicted octanol–water partition coefficient (Wildman–Crippen LogP) is 1.42. The summed E-state index contributed by atoms with van der Waals surface area (Å²) in [7, 11) is -3.34. The van der Waals surface area contributed by atoms with E-state index in [9.17, 15) is 13.7 Å². The molecule has 0 aliphatic carbocycles. The van der Waals surface area contributed by atoms with Gasteiger partial charge in [-0.2, -0.15) is 14.7 Å². The van der Waals surface area contributed by atoms with Gasteiger partial charge < -0.3 is 5.73 Å². The van der Waals surface area contributed by atoms with E-state index in [2.05, 4.69) is 21.0 Å². The van der Waals surface area contributed by atoms with Crippen molar-refractivity contribution in [2.24, 2.45) is 0 Å². The minimum atomic E-state index is -3.34. The number of hydrogen-bond donors (Lipinski definition) is 1. The first-order valence-corrected chi connectivity index (χ1v) is 11.9. The van der Waals surface area contributed by atoms with Crippen LogP contribution in [-0.4, -0.2) is 61.8 Å². The van der Waals surface area contributed by atoms with E-state index >= 15 is 0 Å². The van der Waals surface area contributed by atoms with Crippen LogP contribution in [0, 0.1) is 11.3 Å². The first kappa shape index (κ1) is 20.9. The van der Waals surface area contributed by atoms with Crippen molar-refractivity contribution in [2.75, 3.05) is 25.1 Å². The van der Waals surface area contributed by atoms with Crippen LogP contribution in [0.3, 0.4) is 0 Å². The number of nitrogens with two attached hydrogens (primary N) is 1. The maximum absolute atomic E-state index is 11.9. The molecule has 166 valence electrons. The Labute approximate surface area is 189 Å². The third-order valence-corrected chi connectivity index (χ3v) is 6.90. The number of hydrogen-bond acceptors (Lipinski definition) is 9. The summed E-state index contributed by atoms with van der Waals surface area (Å²) in [6.07, 6.45) is 7.95. The quantitative estimate of drug-likeness (QED) is 0.464. The molecule has 4 aromatic heterocycles. The fraction of sp³-hybridized carbons (Fsp3) is 0.238. The van der Waals surface area contributed by atoms with Gasteiger partial charge in [0.15, 0.2) is 0 Å². The molecular weight excluding hydrogens is 442 g/mol. The Kier molecular flexibility index (Phi) is 4.80. The molecule has 12 heteroatoms. The zero-order valence-electron chi connectivity index (χ0n) is 17.6. The molecule has 1 fully saturated rings. The SMILES string of the molecule is CS(=O)(=O)N1CC(CC#N)(n2ccc(-c3nc(-c4cnc(N)nc4)cc4ncccc34)n2)C1. The summed E-state index contributed by atoms with van der Waals surface area (Å²) in [5, 5.41) is 14.9. The second kappa shape index (κ2) is 7.58. The number of nitrogen functional groups attached to an aromatic ring is 1. The molecule has 0 bridgehead atoms. The average Bonchev–Trinajstić information content (AvgIpc) is 3.25. The van der Waals surface area contributed by atoms with Gasteiger partial charge in [-0.3, -0.25) is 9.67 Å². The number of anilines is 1. The molecule has 1 aliphatic rings. The van der Waals surface area contributed by atoms with Gasteiger partial charge in [-0.25, -0.2) is 23.4 Å². The Morgan fingerprint density at radius 1 is 1.18 bits per heavy atom. The van der Waals surface area contributed by atoms with Crippen LogP contribution in [0.25, 0.3) is 33.5 Å². The van der Waals surface area contributed by atoms with Crippen LogP contribution in [0.2, 0.25) is 0 Å². The van der Waals surface area contributed by atoms with Crippen molar-refractivity contribution in [2.45, 2.75) is 12.0 Å². The lowest BCUT2D eigenvalue weighted by Gasteiger charge is -2.47. The van der Waals surface area contributed by atoms with Crippen LogP contribution in [0.5, 0.6) is 0 Å². The molecule has 1 saturated heterocycles. The van der Waals surface area contributed by atoms with Crippen molar-refractivity contribution in [1.29, 1.82) is 5.26 Å². The fourth-order valence-electron chi connectivity index (χ4n) is 3.93. The van der Waals surface area contributed by atoms with Crippen molar-refractivity contribution >= 4 is 26.9 Å². The van der Waals surface area contributed by atoms with E-state index in [0.29, 0.717) is 22.6 Å². The Morgan fingerprint density at radius 2 is 1.94 bits per heavy atom. The number of nitrogens with zero attached hydrogens (tertiary/aromatic N) is 8. The summed E-state index contributed by atoms with van der Waals surface area (Å²) >= 11 is 0. The first-order chi connectivity index (χ1) is 15.8. The number of nitriles is 1. The number of rotatable bonds is 5. The number of pyridine rings is 2. The standard InChI is InChI=1S/C21H19N9O2S/c1-33(31,32)29-12-21(13-29,5-6-22)30-8-4-16(28-30)19-15-3-2-7-24-18(15)9-17(27-19)14-10-25-20(23)26-11-14/h2-4,7-11H,5,12-13H2,1H3,(H2,23,25,26). The third-order valence-electron chi connectivity index (χ3n) is 5.70. The lowest BCUT2D eigenvalue weighted by atomic mass is 9.89. The fourth-order valence-corrected chi connectivity index (χ4v) is 4.88. The minimum absolute atomic E-state index is 0.138. The molecule has 0 radical (unpaired) electrons. The van der Waals surface area contributed by atoms with Crippen molar-refractivity contribution in [3.05, 3.63) is 49.1 Å². The number of aromatic nitrogens is 6. The van der Waals surface area contributed by atoms with Crippen molar-refractivity contribution in [3.63, 3.8) is 0 Å². The summed E-state index contributed by atoms with van der Waals surface area (Å²) in [5.74, 6) is 0.169. The molecule has 5 heterocycles. The molecule has 11 nitrogen and oxygen atoms in total. The molecule has 1 aliphatic heterocycles. The van der Waals surface area contributed by atoms with Crippen LogP contribution >= 0.6 is 0 Å². The summed E-state index contributed by atoms with van der Waals surface area (Å²) < 4.78 is 26.8. The summed E-state index contributed by atoms with van der Waals surface area (Å²) in [6.45, 7) is 0.387. The Bertz CT molecular complexity index is 1500. The lowest BCUT2D eigenvalue weighted by Crippen LogP contribution is -2.63. The smallest absolute Gasteiger partial charge is 0.219 e. The monoisotopic (exact) mass is 461 g/mol. The normalized spacial score (nSPS) is 15.8. The van der Waals surface area contributed by atoms with E-state index in [1.54, 1.807) is 35.5 Å². The summed E-state index contributed by atoms with van der Waals surface area (Å²) in [5.41, 5.74) is 8.11. The van der Waals surface area contributed by atoms with Gasteiger partial charge in [-0.15, -0.1) is 0 Å². The first-order valence-electron chi connectivity index (χ1n) is 10.0. The van der Waals surface area contributed by atoms with Gasteiger partial charge in [0.25, 0.3) is 0 Å². The van der Waals surface area contributed by atoms with Gasteiger partial charge in [-0.1, -0.05) is 0 Å².